The molecule has 48 valence electrons. The summed E-state index contributed by atoms with van der Waals surface area (Å²) < 4.78 is 0. The van der Waals surface area contributed by atoms with E-state index in [9.17, 15) is 0 Å². The van der Waals surface area contributed by atoms with Crippen LogP contribution in [0.5, 0.6) is 0 Å². The average Bonchev–Trinajstić information content (AvgIpc) is 2.11. The first-order valence-corrected chi connectivity index (χ1v) is 4.38. The molecule has 1 aromatic heterocycles. The van der Waals surface area contributed by atoms with Crippen LogP contribution < -0.4 is 0 Å². The van der Waals surface area contributed by atoms with Gasteiger partial charge in [-0.25, -0.2) is 0 Å². The molecule has 1 aliphatic carbocycles. The van der Waals surface area contributed by atoms with Crippen molar-refractivity contribution in [3.63, 3.8) is 0 Å². The minimum Gasteiger partial charge on any atom is -0.149 e. The Balaban J connectivity index is 2.14. The van der Waals surface area contributed by atoms with Gasteiger partial charge < -0.3 is 0 Å². The normalized spacial score (nSPS) is 19.6. The molecule has 1 fully saturated rings. The summed E-state index contributed by atoms with van der Waals surface area (Å²) in [4.78, 5) is 1.60. The Hall–Kier alpha value is -0.300. The monoisotopic (exact) mass is 138 g/mol. The predicted molar refractivity (Wildman–Crippen MR) is 40.9 cm³/mol. The van der Waals surface area contributed by atoms with Crippen LogP contribution in [0.1, 0.15) is 30.1 Å². The smallest absolute Gasteiger partial charge is 0.00761 e. The van der Waals surface area contributed by atoms with Gasteiger partial charge in [0.05, 0.1) is 0 Å². The van der Waals surface area contributed by atoms with E-state index >= 15 is 0 Å². The number of hydrogen-bond acceptors (Lipinski definition) is 1. The minimum absolute atomic E-state index is 0.935. The lowest BCUT2D eigenvalue weighted by atomic mass is 9.84. The molecule has 9 heavy (non-hydrogen) atoms. The Morgan fingerprint density at radius 1 is 1.44 bits per heavy atom. The van der Waals surface area contributed by atoms with E-state index in [1.165, 1.54) is 19.3 Å². The lowest BCUT2D eigenvalue weighted by molar-refractivity contribution is 0.426. The summed E-state index contributed by atoms with van der Waals surface area (Å²) in [5.74, 6) is 0.935. The highest BCUT2D eigenvalue weighted by Crippen LogP contribution is 2.38. The summed E-state index contributed by atoms with van der Waals surface area (Å²) in [6, 6.07) is 4.41. The maximum atomic E-state index is 2.26. The molecule has 0 saturated heterocycles. The summed E-state index contributed by atoms with van der Waals surface area (Å²) in [5.41, 5.74) is 0. The topological polar surface area (TPSA) is 0 Å². The molecule has 0 spiro atoms. The second kappa shape index (κ2) is 2.14. The molecular weight excluding hydrogens is 128 g/mol. The van der Waals surface area contributed by atoms with E-state index in [1.54, 1.807) is 4.88 Å². The second-order valence-electron chi connectivity index (χ2n) is 2.64. The number of hydrogen-bond donors (Lipinski definition) is 0. The van der Waals surface area contributed by atoms with E-state index in [0.717, 1.165) is 5.92 Å². The van der Waals surface area contributed by atoms with Gasteiger partial charge in [0.15, 0.2) is 0 Å². The second-order valence-corrected chi connectivity index (χ2v) is 3.62. The van der Waals surface area contributed by atoms with Gasteiger partial charge in [-0.05, 0) is 30.2 Å². The van der Waals surface area contributed by atoms with Gasteiger partial charge in [-0.1, -0.05) is 12.5 Å². The molecule has 0 unspecified atom stereocenters. The van der Waals surface area contributed by atoms with E-state index in [2.05, 4.69) is 17.5 Å². The highest BCUT2D eigenvalue weighted by molar-refractivity contribution is 7.10. The zero-order valence-corrected chi connectivity index (χ0v) is 6.16. The van der Waals surface area contributed by atoms with E-state index < -0.39 is 0 Å². The molecule has 1 aliphatic rings. The summed E-state index contributed by atoms with van der Waals surface area (Å²) in [5, 5.41) is 2.17. The van der Waals surface area contributed by atoms with Gasteiger partial charge in [0.2, 0.25) is 0 Å². The van der Waals surface area contributed by atoms with Gasteiger partial charge in [-0.15, -0.1) is 11.3 Å². The van der Waals surface area contributed by atoms with Gasteiger partial charge >= 0.3 is 0 Å². The zero-order chi connectivity index (χ0) is 6.10. The Kier molecular flexibility index (Phi) is 1.31. The molecule has 0 aromatic carbocycles. The Morgan fingerprint density at radius 2 is 2.33 bits per heavy atom. The third-order valence-corrected chi connectivity index (χ3v) is 3.09. The molecule has 1 heteroatoms. The third kappa shape index (κ3) is 0.897. The van der Waals surface area contributed by atoms with Crippen molar-refractivity contribution < 1.29 is 0 Å². The first-order valence-electron chi connectivity index (χ1n) is 3.50. The SMILES string of the molecule is c1csc(C2CCC2)c1. The molecule has 2 rings (SSSR count). The molecule has 1 aromatic rings. The minimum atomic E-state index is 0.935. The molecule has 0 atom stereocenters. The maximum Gasteiger partial charge on any atom is 0.00761 e. The van der Waals surface area contributed by atoms with Crippen molar-refractivity contribution in [1.82, 2.24) is 0 Å². The number of thiophene rings is 1. The molecule has 0 radical (unpaired) electrons. The first kappa shape index (κ1) is 5.48. The highest BCUT2D eigenvalue weighted by atomic mass is 32.1. The Morgan fingerprint density at radius 3 is 2.78 bits per heavy atom. The van der Waals surface area contributed by atoms with Crippen LogP contribution in [0.15, 0.2) is 17.5 Å². The third-order valence-electron chi connectivity index (χ3n) is 2.05. The van der Waals surface area contributed by atoms with Crippen LogP contribution in [0, 0.1) is 0 Å². The van der Waals surface area contributed by atoms with Crippen LogP contribution in [-0.2, 0) is 0 Å². The Bertz CT molecular complexity index is 172. The standard InChI is InChI=1S/C8H10S/c1-3-7(4-1)8-5-2-6-9-8/h2,5-7H,1,3-4H2. The van der Waals surface area contributed by atoms with Crippen molar-refractivity contribution in [2.75, 3.05) is 0 Å². The lowest BCUT2D eigenvalue weighted by Gasteiger charge is -2.23. The quantitative estimate of drug-likeness (QED) is 0.559. The van der Waals surface area contributed by atoms with Crippen molar-refractivity contribution in [1.29, 1.82) is 0 Å². The van der Waals surface area contributed by atoms with Crippen LogP contribution in [0.25, 0.3) is 0 Å². The van der Waals surface area contributed by atoms with E-state index in [4.69, 9.17) is 0 Å². The average molecular weight is 138 g/mol. The fraction of sp³-hybridized carbons (Fsp3) is 0.500. The zero-order valence-electron chi connectivity index (χ0n) is 5.34. The van der Waals surface area contributed by atoms with Gasteiger partial charge in [0.1, 0.15) is 0 Å². The van der Waals surface area contributed by atoms with Gasteiger partial charge in [-0.2, -0.15) is 0 Å². The van der Waals surface area contributed by atoms with E-state index in [0.29, 0.717) is 0 Å². The summed E-state index contributed by atoms with van der Waals surface area (Å²) in [6.07, 6.45) is 4.31. The summed E-state index contributed by atoms with van der Waals surface area (Å²) in [6.45, 7) is 0. The van der Waals surface area contributed by atoms with Crippen LogP contribution in [-0.4, -0.2) is 0 Å². The fourth-order valence-corrected chi connectivity index (χ4v) is 2.12. The summed E-state index contributed by atoms with van der Waals surface area (Å²) in [7, 11) is 0. The molecule has 1 saturated carbocycles. The van der Waals surface area contributed by atoms with Gasteiger partial charge in [0, 0.05) is 4.88 Å². The van der Waals surface area contributed by atoms with E-state index in [-0.39, 0.29) is 0 Å². The molecular formula is C8H10S. The predicted octanol–water partition coefficient (Wildman–Crippen LogP) is 3.02. The molecule has 0 nitrogen and oxygen atoms in total. The highest BCUT2D eigenvalue weighted by Gasteiger charge is 2.19. The summed E-state index contributed by atoms with van der Waals surface area (Å²) >= 11 is 1.91. The van der Waals surface area contributed by atoms with E-state index in [1.807, 2.05) is 11.3 Å². The van der Waals surface area contributed by atoms with Crippen LogP contribution in [0.2, 0.25) is 0 Å². The lowest BCUT2D eigenvalue weighted by Crippen LogP contribution is -2.06. The molecule has 0 N–H and O–H groups in total. The van der Waals surface area contributed by atoms with Gasteiger partial charge in [0.25, 0.3) is 0 Å². The molecule has 1 heterocycles. The van der Waals surface area contributed by atoms with Crippen molar-refractivity contribution in [2.45, 2.75) is 25.2 Å². The van der Waals surface area contributed by atoms with Gasteiger partial charge in [-0.3, -0.25) is 0 Å². The molecule has 0 amide bonds. The van der Waals surface area contributed by atoms with Crippen molar-refractivity contribution in [3.8, 4) is 0 Å². The number of rotatable bonds is 1. The van der Waals surface area contributed by atoms with Crippen LogP contribution in [0.3, 0.4) is 0 Å². The molecule has 0 bridgehead atoms. The Labute approximate surface area is 59.5 Å². The first-order chi connectivity index (χ1) is 4.47. The van der Waals surface area contributed by atoms with Crippen LogP contribution >= 0.6 is 11.3 Å². The fourth-order valence-electron chi connectivity index (χ4n) is 1.22. The van der Waals surface area contributed by atoms with Crippen LogP contribution in [0.4, 0.5) is 0 Å². The van der Waals surface area contributed by atoms with Crippen molar-refractivity contribution in [3.05, 3.63) is 22.4 Å². The molecule has 0 aliphatic heterocycles. The van der Waals surface area contributed by atoms with Crippen molar-refractivity contribution >= 4 is 11.3 Å². The largest absolute Gasteiger partial charge is 0.149 e. The maximum absolute atomic E-state index is 2.26. The van der Waals surface area contributed by atoms with Crippen molar-refractivity contribution in [2.24, 2.45) is 0 Å².